The largest absolute Gasteiger partial charge is 0.263 e. The summed E-state index contributed by atoms with van der Waals surface area (Å²) in [5, 5.41) is 7.37. The molecule has 3 nitrogen and oxygen atoms in total. The van der Waals surface area contributed by atoms with Gasteiger partial charge in [-0.05, 0) is 18.4 Å². The molecule has 0 aliphatic heterocycles. The van der Waals surface area contributed by atoms with E-state index in [0.29, 0.717) is 5.92 Å². The monoisotopic (exact) mass is 213 g/mol. The van der Waals surface area contributed by atoms with Gasteiger partial charge in [-0.1, -0.05) is 37.3 Å². The minimum atomic E-state index is 0.268. The van der Waals surface area contributed by atoms with E-state index in [9.17, 15) is 0 Å². The van der Waals surface area contributed by atoms with Crippen LogP contribution in [0.4, 0.5) is 0 Å². The summed E-state index contributed by atoms with van der Waals surface area (Å²) in [6.45, 7) is 2.15. The van der Waals surface area contributed by atoms with Crippen molar-refractivity contribution in [1.29, 1.82) is 0 Å². The van der Waals surface area contributed by atoms with Crippen molar-refractivity contribution < 1.29 is 0 Å². The van der Waals surface area contributed by atoms with Crippen LogP contribution in [0.15, 0.2) is 30.3 Å². The summed E-state index contributed by atoms with van der Waals surface area (Å²) in [5.41, 5.74) is 1.27. The maximum absolute atomic E-state index is 4.58. The highest BCUT2D eigenvalue weighted by Gasteiger charge is 2.27. The molecule has 1 aliphatic rings. The second-order valence-electron chi connectivity index (χ2n) is 4.49. The van der Waals surface area contributed by atoms with Crippen molar-refractivity contribution in [1.82, 2.24) is 15.2 Å². The van der Waals surface area contributed by atoms with Gasteiger partial charge in [-0.25, -0.2) is 4.98 Å². The zero-order valence-electron chi connectivity index (χ0n) is 9.35. The second kappa shape index (κ2) is 3.74. The molecule has 1 unspecified atom stereocenters. The molecular formula is C13H15N3. The summed E-state index contributed by atoms with van der Waals surface area (Å²) >= 11 is 0. The SMILES string of the molecule is CC(c1ccccc1)c1n[nH]c(C2CC2)n1. The second-order valence-corrected chi connectivity index (χ2v) is 4.49. The van der Waals surface area contributed by atoms with Gasteiger partial charge in [0.1, 0.15) is 5.82 Å². The first-order valence-electron chi connectivity index (χ1n) is 5.81. The van der Waals surface area contributed by atoms with E-state index in [1.807, 2.05) is 6.07 Å². The third kappa shape index (κ3) is 1.73. The average molecular weight is 213 g/mol. The van der Waals surface area contributed by atoms with Crippen molar-refractivity contribution in [3.8, 4) is 0 Å². The Labute approximate surface area is 94.9 Å². The van der Waals surface area contributed by atoms with E-state index in [1.165, 1.54) is 18.4 Å². The fourth-order valence-corrected chi connectivity index (χ4v) is 1.91. The van der Waals surface area contributed by atoms with Crippen molar-refractivity contribution in [2.45, 2.75) is 31.6 Å². The standard InChI is InChI=1S/C13H15N3/c1-9(10-5-3-2-4-6-10)12-14-13(16-15-12)11-7-8-11/h2-6,9,11H,7-8H2,1H3,(H,14,15,16). The van der Waals surface area contributed by atoms with Gasteiger partial charge >= 0.3 is 0 Å². The quantitative estimate of drug-likeness (QED) is 0.851. The van der Waals surface area contributed by atoms with Crippen LogP contribution in [-0.2, 0) is 0 Å². The van der Waals surface area contributed by atoms with Crippen LogP contribution in [0.25, 0.3) is 0 Å². The fourth-order valence-electron chi connectivity index (χ4n) is 1.91. The van der Waals surface area contributed by atoms with Gasteiger partial charge in [0.05, 0.1) is 0 Å². The van der Waals surface area contributed by atoms with Gasteiger partial charge in [-0.3, -0.25) is 5.10 Å². The van der Waals surface area contributed by atoms with Crippen molar-refractivity contribution >= 4 is 0 Å². The lowest BCUT2D eigenvalue weighted by molar-refractivity contribution is 0.822. The molecule has 1 N–H and O–H groups in total. The van der Waals surface area contributed by atoms with E-state index >= 15 is 0 Å². The van der Waals surface area contributed by atoms with E-state index in [4.69, 9.17) is 0 Å². The number of aromatic amines is 1. The first kappa shape index (κ1) is 9.58. The third-order valence-electron chi connectivity index (χ3n) is 3.17. The highest BCUT2D eigenvalue weighted by molar-refractivity contribution is 5.24. The van der Waals surface area contributed by atoms with Crippen molar-refractivity contribution in [2.75, 3.05) is 0 Å². The number of hydrogen-bond donors (Lipinski definition) is 1. The summed E-state index contributed by atoms with van der Waals surface area (Å²) in [6.07, 6.45) is 2.52. The Balaban J connectivity index is 1.85. The normalized spacial score (nSPS) is 17.3. The zero-order chi connectivity index (χ0) is 11.0. The van der Waals surface area contributed by atoms with Gasteiger partial charge in [0.15, 0.2) is 5.82 Å². The summed E-state index contributed by atoms with van der Waals surface area (Å²) in [6, 6.07) is 10.4. The minimum absolute atomic E-state index is 0.268. The predicted octanol–water partition coefficient (Wildman–Crippen LogP) is 2.83. The number of H-pyrrole nitrogens is 1. The molecule has 3 rings (SSSR count). The zero-order valence-corrected chi connectivity index (χ0v) is 9.35. The Morgan fingerprint density at radius 3 is 2.69 bits per heavy atom. The molecule has 1 aromatic heterocycles. The molecule has 0 radical (unpaired) electrons. The number of hydrogen-bond acceptors (Lipinski definition) is 2. The summed E-state index contributed by atoms with van der Waals surface area (Å²) in [5.74, 6) is 2.89. The number of nitrogens with zero attached hydrogens (tertiary/aromatic N) is 2. The van der Waals surface area contributed by atoms with Gasteiger partial charge in [0.2, 0.25) is 0 Å². The molecule has 16 heavy (non-hydrogen) atoms. The Bertz CT molecular complexity index is 471. The van der Waals surface area contributed by atoms with Crippen molar-refractivity contribution in [3.05, 3.63) is 47.5 Å². The summed E-state index contributed by atoms with van der Waals surface area (Å²) < 4.78 is 0. The lowest BCUT2D eigenvalue weighted by Gasteiger charge is -2.06. The van der Waals surface area contributed by atoms with Gasteiger partial charge in [-0.15, -0.1) is 0 Å². The Hall–Kier alpha value is -1.64. The molecule has 82 valence electrons. The first-order valence-corrected chi connectivity index (χ1v) is 5.81. The molecule has 0 saturated heterocycles. The molecule has 0 bridgehead atoms. The maximum atomic E-state index is 4.58. The average Bonchev–Trinajstić information content (AvgIpc) is 3.08. The number of aromatic nitrogens is 3. The maximum Gasteiger partial charge on any atom is 0.157 e. The molecule has 2 aromatic rings. The number of benzene rings is 1. The van der Waals surface area contributed by atoms with Gasteiger partial charge < -0.3 is 0 Å². The van der Waals surface area contributed by atoms with E-state index in [1.54, 1.807) is 0 Å². The Morgan fingerprint density at radius 1 is 1.25 bits per heavy atom. The Kier molecular flexibility index (Phi) is 2.24. The van der Waals surface area contributed by atoms with Crippen molar-refractivity contribution in [3.63, 3.8) is 0 Å². The van der Waals surface area contributed by atoms with Crippen LogP contribution in [0.3, 0.4) is 0 Å². The lowest BCUT2D eigenvalue weighted by Crippen LogP contribution is -1.98. The topological polar surface area (TPSA) is 41.6 Å². The van der Waals surface area contributed by atoms with Gasteiger partial charge in [-0.2, -0.15) is 5.10 Å². The number of nitrogens with one attached hydrogen (secondary N) is 1. The van der Waals surface area contributed by atoms with Crippen LogP contribution in [0.5, 0.6) is 0 Å². The molecule has 1 saturated carbocycles. The Morgan fingerprint density at radius 2 is 2.00 bits per heavy atom. The predicted molar refractivity (Wildman–Crippen MR) is 62.3 cm³/mol. The molecule has 1 aliphatic carbocycles. The fraction of sp³-hybridized carbons (Fsp3) is 0.385. The highest BCUT2D eigenvalue weighted by atomic mass is 15.2. The molecule has 1 fully saturated rings. The van der Waals surface area contributed by atoms with Crippen LogP contribution in [0.2, 0.25) is 0 Å². The van der Waals surface area contributed by atoms with E-state index in [2.05, 4.69) is 46.4 Å². The first-order chi connectivity index (χ1) is 7.84. The molecule has 0 spiro atoms. The van der Waals surface area contributed by atoms with Crippen molar-refractivity contribution in [2.24, 2.45) is 0 Å². The summed E-state index contributed by atoms with van der Waals surface area (Å²) in [7, 11) is 0. The van der Waals surface area contributed by atoms with Crippen LogP contribution in [-0.4, -0.2) is 15.2 Å². The lowest BCUT2D eigenvalue weighted by atomic mass is 10.0. The molecule has 1 heterocycles. The van der Waals surface area contributed by atoms with Gasteiger partial charge in [0.25, 0.3) is 0 Å². The third-order valence-corrected chi connectivity index (χ3v) is 3.17. The highest BCUT2D eigenvalue weighted by Crippen LogP contribution is 2.38. The van der Waals surface area contributed by atoms with E-state index in [0.717, 1.165) is 11.6 Å². The smallest absolute Gasteiger partial charge is 0.157 e. The van der Waals surface area contributed by atoms with Crippen LogP contribution >= 0.6 is 0 Å². The molecule has 1 atom stereocenters. The molecule has 1 aromatic carbocycles. The minimum Gasteiger partial charge on any atom is -0.263 e. The number of rotatable bonds is 3. The molecule has 0 amide bonds. The van der Waals surface area contributed by atoms with Crippen LogP contribution in [0.1, 0.15) is 48.8 Å². The van der Waals surface area contributed by atoms with E-state index < -0.39 is 0 Å². The summed E-state index contributed by atoms with van der Waals surface area (Å²) in [4.78, 5) is 4.58. The molecule has 3 heteroatoms. The van der Waals surface area contributed by atoms with Crippen LogP contribution < -0.4 is 0 Å². The van der Waals surface area contributed by atoms with E-state index in [-0.39, 0.29) is 5.92 Å². The van der Waals surface area contributed by atoms with Crippen LogP contribution in [0, 0.1) is 0 Å². The van der Waals surface area contributed by atoms with Gasteiger partial charge in [0, 0.05) is 11.8 Å². The molecular weight excluding hydrogens is 198 g/mol.